The highest BCUT2D eigenvalue weighted by Crippen LogP contribution is 2.10. The first-order chi connectivity index (χ1) is 16.9. The zero-order valence-electron chi connectivity index (χ0n) is 18.3. The predicted molar refractivity (Wildman–Crippen MR) is 128 cm³/mol. The summed E-state index contributed by atoms with van der Waals surface area (Å²) in [6.45, 7) is -0.127. The number of Topliss-reactive ketones (excluding diaryl/α,β-unsaturated/α-hetero) is 1. The van der Waals surface area contributed by atoms with Gasteiger partial charge in [0.25, 0.3) is 0 Å². The van der Waals surface area contributed by atoms with Crippen molar-refractivity contribution in [3.63, 3.8) is 0 Å². The molecular formula is C25H20ClFN5O3+. The van der Waals surface area contributed by atoms with E-state index in [4.69, 9.17) is 11.6 Å². The van der Waals surface area contributed by atoms with Crippen LogP contribution in [0.1, 0.15) is 32.0 Å². The number of hydrogen-bond acceptors (Lipinski definition) is 4. The van der Waals surface area contributed by atoms with Crippen LogP contribution in [0.15, 0.2) is 88.8 Å². The van der Waals surface area contributed by atoms with Gasteiger partial charge in [-0.25, -0.2) is 9.18 Å². The van der Waals surface area contributed by atoms with Crippen molar-refractivity contribution in [1.82, 2.24) is 15.3 Å². The molecule has 0 aliphatic heterocycles. The number of nitrogens with one attached hydrogen (secondary N) is 2. The Morgan fingerprint density at radius 1 is 1.03 bits per heavy atom. The molecule has 0 atom stereocenters. The van der Waals surface area contributed by atoms with Crippen molar-refractivity contribution in [3.05, 3.63) is 122 Å². The summed E-state index contributed by atoms with van der Waals surface area (Å²) >= 11 is 5.89. The quantitative estimate of drug-likeness (QED) is 0.225. The number of hydrogen-bond donors (Lipinski definition) is 2. The first-order valence-corrected chi connectivity index (χ1v) is 10.9. The summed E-state index contributed by atoms with van der Waals surface area (Å²) < 4.78 is 14.3. The number of carbonyl (C=O) groups excluding carboxylic acids is 2. The highest BCUT2D eigenvalue weighted by atomic mass is 35.5. The Kier molecular flexibility index (Phi) is 7.27. The first-order valence-electron chi connectivity index (χ1n) is 10.6. The van der Waals surface area contributed by atoms with Crippen LogP contribution in [0.2, 0.25) is 5.02 Å². The fraction of sp³-hybridized carbons (Fsp3) is 0.0800. The number of carbonyl (C=O) groups is 2. The number of aromatic amines is 1. The van der Waals surface area contributed by atoms with Gasteiger partial charge in [-0.15, -0.1) is 4.68 Å². The molecule has 4 rings (SSSR count). The maximum absolute atomic E-state index is 13.1. The predicted octanol–water partition coefficient (Wildman–Crippen LogP) is 2.95. The van der Waals surface area contributed by atoms with Crippen LogP contribution in [0.3, 0.4) is 0 Å². The Morgan fingerprint density at radius 2 is 1.71 bits per heavy atom. The molecule has 1 aromatic heterocycles. The molecule has 1 heterocycles. The van der Waals surface area contributed by atoms with Gasteiger partial charge in [-0.05, 0) is 47.5 Å². The summed E-state index contributed by atoms with van der Waals surface area (Å²) in [7, 11) is 0. The minimum Gasteiger partial charge on any atom is -0.345 e. The van der Waals surface area contributed by atoms with Crippen molar-refractivity contribution in [2.45, 2.75) is 13.1 Å². The van der Waals surface area contributed by atoms with Crippen LogP contribution in [0.5, 0.6) is 0 Å². The molecule has 0 aliphatic rings. The van der Waals surface area contributed by atoms with Gasteiger partial charge in [0.15, 0.2) is 6.54 Å². The Bertz CT molecular complexity index is 1430. The number of rotatable bonds is 8. The summed E-state index contributed by atoms with van der Waals surface area (Å²) in [6.07, 6.45) is 1.33. The van der Waals surface area contributed by atoms with E-state index < -0.39 is 17.3 Å². The number of ketones is 1. The minimum atomic E-state index is -0.752. The maximum atomic E-state index is 13.1. The van der Waals surface area contributed by atoms with Crippen LogP contribution in [0, 0.1) is 5.82 Å². The Hall–Kier alpha value is -4.37. The van der Waals surface area contributed by atoms with E-state index >= 15 is 0 Å². The molecule has 2 N–H and O–H groups in total. The lowest BCUT2D eigenvalue weighted by Crippen LogP contribution is -2.48. The normalized spacial score (nSPS) is 11.0. The zero-order chi connectivity index (χ0) is 24.8. The lowest BCUT2D eigenvalue weighted by atomic mass is 10.1. The Balaban J connectivity index is 1.63. The van der Waals surface area contributed by atoms with E-state index in [9.17, 15) is 18.8 Å². The molecule has 35 heavy (non-hydrogen) atoms. The number of nitrogens with zero attached hydrogens (tertiary/aromatic N) is 3. The third kappa shape index (κ3) is 5.96. The van der Waals surface area contributed by atoms with Crippen molar-refractivity contribution >= 4 is 29.5 Å². The summed E-state index contributed by atoms with van der Waals surface area (Å²) in [5.41, 5.74) is 0.694. The maximum Gasteiger partial charge on any atom is 0.432 e. The molecule has 0 saturated carbocycles. The number of aromatic nitrogens is 3. The second kappa shape index (κ2) is 10.7. The van der Waals surface area contributed by atoms with Gasteiger partial charge in [0.05, 0.1) is 6.21 Å². The molecule has 1 amide bonds. The third-order valence-corrected chi connectivity index (χ3v) is 5.30. The van der Waals surface area contributed by atoms with Gasteiger partial charge >= 0.3 is 17.2 Å². The van der Waals surface area contributed by atoms with Gasteiger partial charge in [-0.1, -0.05) is 64.4 Å². The van der Waals surface area contributed by atoms with Crippen molar-refractivity contribution in [3.8, 4) is 0 Å². The van der Waals surface area contributed by atoms with Crippen molar-refractivity contribution in [2.75, 3.05) is 0 Å². The monoisotopic (exact) mass is 492 g/mol. The highest BCUT2D eigenvalue weighted by molar-refractivity contribution is 6.30. The standard InChI is InChI=1S/C25H19ClFN5O3/c26-20-10-8-19(9-11-20)22(33)16-31-23(24(34)28-14-17-4-2-1-3-5-17)25(35)32(30-31)29-15-18-6-12-21(27)13-7-18/h1-13,15H,14,16H2,(H-,28,30,34,35)/p+1/b29-15+. The molecule has 4 aromatic rings. The molecule has 0 saturated heterocycles. The minimum absolute atomic E-state index is 0.189. The van der Waals surface area contributed by atoms with Gasteiger partial charge in [0.2, 0.25) is 5.78 Å². The van der Waals surface area contributed by atoms with E-state index in [1.165, 1.54) is 30.5 Å². The van der Waals surface area contributed by atoms with Gasteiger partial charge in [0.1, 0.15) is 5.82 Å². The largest absolute Gasteiger partial charge is 0.432 e. The second-order valence-electron chi connectivity index (χ2n) is 7.55. The topological polar surface area (TPSA) is 100 Å². The van der Waals surface area contributed by atoms with E-state index in [1.807, 2.05) is 30.3 Å². The number of amides is 1. The fourth-order valence-electron chi connectivity index (χ4n) is 3.24. The zero-order valence-corrected chi connectivity index (χ0v) is 19.1. The number of benzene rings is 3. The first kappa shape index (κ1) is 23.8. The summed E-state index contributed by atoms with van der Waals surface area (Å²) in [5.74, 6) is -1.43. The lowest BCUT2D eigenvalue weighted by Gasteiger charge is -2.04. The van der Waals surface area contributed by atoms with Crippen molar-refractivity contribution in [2.24, 2.45) is 5.10 Å². The number of halogens is 2. The number of H-pyrrole nitrogens is 1. The van der Waals surface area contributed by atoms with Crippen LogP contribution in [-0.2, 0) is 13.1 Å². The summed E-state index contributed by atoms with van der Waals surface area (Å²) in [4.78, 5) is 39.6. The van der Waals surface area contributed by atoms with E-state index in [0.29, 0.717) is 16.1 Å². The average Bonchev–Trinajstić information content (AvgIpc) is 3.17. The van der Waals surface area contributed by atoms with E-state index in [1.54, 1.807) is 24.3 Å². The molecule has 0 spiro atoms. The van der Waals surface area contributed by atoms with Crippen LogP contribution in [0.4, 0.5) is 4.39 Å². The van der Waals surface area contributed by atoms with E-state index in [0.717, 1.165) is 15.0 Å². The summed E-state index contributed by atoms with van der Waals surface area (Å²) in [5, 5.41) is 9.89. The molecule has 0 radical (unpaired) electrons. The Labute approximate surface area is 204 Å². The van der Waals surface area contributed by atoms with Crippen LogP contribution in [-0.4, -0.2) is 27.9 Å². The molecule has 176 valence electrons. The molecule has 8 nitrogen and oxygen atoms in total. The Morgan fingerprint density at radius 3 is 2.40 bits per heavy atom. The SMILES string of the molecule is O=C(C[n+]1[nH]n(/N=C/c2ccc(F)cc2)c(=O)c1C(=O)NCc1ccccc1)c1ccc(Cl)cc1. The van der Waals surface area contributed by atoms with Gasteiger partial charge in [-0.2, -0.15) is 0 Å². The average molecular weight is 493 g/mol. The van der Waals surface area contributed by atoms with E-state index in [-0.39, 0.29) is 24.6 Å². The highest BCUT2D eigenvalue weighted by Gasteiger charge is 2.30. The van der Waals surface area contributed by atoms with Crippen LogP contribution in [0.25, 0.3) is 0 Å². The van der Waals surface area contributed by atoms with Gasteiger partial charge < -0.3 is 5.32 Å². The molecule has 3 aromatic carbocycles. The lowest BCUT2D eigenvalue weighted by molar-refractivity contribution is -0.744. The van der Waals surface area contributed by atoms with Crippen LogP contribution >= 0.6 is 11.6 Å². The molecule has 0 fully saturated rings. The van der Waals surface area contributed by atoms with Crippen molar-refractivity contribution < 1.29 is 18.7 Å². The van der Waals surface area contributed by atoms with Gasteiger partial charge in [-0.3, -0.25) is 9.59 Å². The van der Waals surface area contributed by atoms with Gasteiger partial charge in [0, 0.05) is 21.9 Å². The molecule has 0 unspecified atom stereocenters. The molecule has 0 bridgehead atoms. The van der Waals surface area contributed by atoms with Crippen LogP contribution < -0.4 is 15.6 Å². The smallest absolute Gasteiger partial charge is 0.345 e. The third-order valence-electron chi connectivity index (χ3n) is 5.05. The molecular weight excluding hydrogens is 473 g/mol. The van der Waals surface area contributed by atoms with Crippen molar-refractivity contribution in [1.29, 1.82) is 0 Å². The second-order valence-corrected chi connectivity index (χ2v) is 7.98. The summed E-state index contributed by atoms with van der Waals surface area (Å²) in [6, 6.07) is 20.9. The fourth-order valence-corrected chi connectivity index (χ4v) is 3.37. The molecule has 0 aliphatic carbocycles. The van der Waals surface area contributed by atoms with E-state index in [2.05, 4.69) is 15.6 Å². The molecule has 10 heteroatoms.